The summed E-state index contributed by atoms with van der Waals surface area (Å²) >= 11 is 6.08. The Labute approximate surface area is 190 Å². The number of fused-ring (bicyclic) bond motifs is 1. The van der Waals surface area contributed by atoms with Crippen LogP contribution in [0.5, 0.6) is 0 Å². The molecule has 166 valence electrons. The maximum absolute atomic E-state index is 12.6. The van der Waals surface area contributed by atoms with E-state index < -0.39 is 0 Å². The Morgan fingerprint density at radius 2 is 2.16 bits per heavy atom. The second-order valence-electron chi connectivity index (χ2n) is 6.66. The van der Waals surface area contributed by atoms with E-state index in [-0.39, 0.29) is 22.8 Å². The summed E-state index contributed by atoms with van der Waals surface area (Å²) in [5.74, 6) is 0.663. The summed E-state index contributed by atoms with van der Waals surface area (Å²) in [6, 6.07) is 6.47. The normalized spacial score (nSPS) is 12.2. The number of pyridine rings is 1. The van der Waals surface area contributed by atoms with Gasteiger partial charge in [0, 0.05) is 36.3 Å². The number of nitrogens with zero attached hydrogens (tertiary/aromatic N) is 2. The van der Waals surface area contributed by atoms with E-state index in [1.807, 2.05) is 32.1 Å². The van der Waals surface area contributed by atoms with E-state index in [1.54, 1.807) is 30.5 Å². The zero-order valence-electron chi connectivity index (χ0n) is 17.9. The Balaban J connectivity index is 0.00000141. The number of hydrogen-bond acceptors (Lipinski definition) is 5. The van der Waals surface area contributed by atoms with Gasteiger partial charge < -0.3 is 14.7 Å². The number of furan rings is 1. The summed E-state index contributed by atoms with van der Waals surface area (Å²) in [6.45, 7) is 4.35. The van der Waals surface area contributed by atoms with Crippen LogP contribution in [-0.2, 0) is 12.8 Å². The molecule has 3 aromatic rings. The van der Waals surface area contributed by atoms with Crippen molar-refractivity contribution in [1.29, 1.82) is 10.8 Å². The first-order chi connectivity index (χ1) is 15.5. The number of rotatable bonds is 5. The monoisotopic (exact) mass is 452 g/mol. The van der Waals surface area contributed by atoms with E-state index in [4.69, 9.17) is 26.8 Å². The number of halogens is 1. The van der Waals surface area contributed by atoms with E-state index in [1.165, 1.54) is 10.8 Å². The van der Waals surface area contributed by atoms with Crippen molar-refractivity contribution in [2.75, 3.05) is 6.54 Å². The fourth-order valence-corrected chi connectivity index (χ4v) is 3.33. The number of aromatic nitrogens is 3. The van der Waals surface area contributed by atoms with Crippen LogP contribution in [0.25, 0.3) is 6.08 Å². The number of hydrogen-bond donors (Lipinski definition) is 4. The van der Waals surface area contributed by atoms with E-state index in [9.17, 15) is 4.79 Å². The molecule has 1 amide bonds. The third kappa shape index (κ3) is 5.15. The quantitative estimate of drug-likeness (QED) is 0.347. The number of imidazole rings is 1. The summed E-state index contributed by atoms with van der Waals surface area (Å²) < 4.78 is 6.50. The minimum atomic E-state index is -0.388. The smallest absolute Gasteiger partial charge is 0.255 e. The molecule has 32 heavy (non-hydrogen) atoms. The maximum Gasteiger partial charge on any atom is 0.255 e. The van der Waals surface area contributed by atoms with Crippen molar-refractivity contribution in [2.45, 2.75) is 26.7 Å². The molecule has 1 aliphatic rings. The van der Waals surface area contributed by atoms with Gasteiger partial charge in [0.2, 0.25) is 0 Å². The van der Waals surface area contributed by atoms with Crippen molar-refractivity contribution in [3.63, 3.8) is 0 Å². The predicted octanol–water partition coefficient (Wildman–Crippen LogP) is 3.85. The Morgan fingerprint density at radius 1 is 1.34 bits per heavy atom. The molecule has 3 aromatic heterocycles. The second kappa shape index (κ2) is 10.6. The van der Waals surface area contributed by atoms with Gasteiger partial charge in [-0.2, -0.15) is 0 Å². The lowest BCUT2D eigenvalue weighted by Crippen LogP contribution is -2.36. The molecule has 0 saturated carbocycles. The summed E-state index contributed by atoms with van der Waals surface area (Å²) in [4.78, 5) is 20.4. The van der Waals surface area contributed by atoms with Crippen LogP contribution in [0.15, 0.2) is 58.3 Å². The highest BCUT2D eigenvalue weighted by Gasteiger charge is 2.14. The maximum atomic E-state index is 12.6. The Bertz CT molecular complexity index is 1220. The first-order valence-corrected chi connectivity index (χ1v) is 10.7. The van der Waals surface area contributed by atoms with Crippen molar-refractivity contribution in [3.8, 4) is 0 Å². The minimum Gasteiger partial charge on any atom is -0.461 e. The van der Waals surface area contributed by atoms with Gasteiger partial charge in [-0.1, -0.05) is 31.5 Å². The zero-order chi connectivity index (χ0) is 23.1. The summed E-state index contributed by atoms with van der Waals surface area (Å²) in [5, 5.41) is 19.9. The Kier molecular flexibility index (Phi) is 7.62. The molecule has 8 nitrogen and oxygen atoms in total. The molecule has 1 aliphatic carbocycles. The highest BCUT2D eigenvalue weighted by Crippen LogP contribution is 2.19. The van der Waals surface area contributed by atoms with Gasteiger partial charge in [0.15, 0.2) is 11.6 Å². The van der Waals surface area contributed by atoms with Crippen molar-refractivity contribution in [3.05, 3.63) is 87.9 Å². The molecular weight excluding hydrogens is 428 g/mol. The average molecular weight is 453 g/mol. The molecule has 4 N–H and O–H groups in total. The summed E-state index contributed by atoms with van der Waals surface area (Å²) in [6.07, 6.45) is 9.85. The van der Waals surface area contributed by atoms with Gasteiger partial charge in [-0.25, -0.2) is 4.98 Å². The van der Waals surface area contributed by atoms with Crippen LogP contribution >= 0.6 is 11.6 Å². The number of amides is 1. The zero-order valence-corrected chi connectivity index (χ0v) is 18.7. The number of carbonyl (C=O) groups is 1. The largest absolute Gasteiger partial charge is 0.461 e. The van der Waals surface area contributed by atoms with Crippen LogP contribution in [0.3, 0.4) is 0 Å². The van der Waals surface area contributed by atoms with Crippen LogP contribution in [-0.4, -0.2) is 32.8 Å². The molecule has 0 spiro atoms. The van der Waals surface area contributed by atoms with E-state index in [0.717, 1.165) is 23.6 Å². The molecular formula is C23H25ClN6O2. The lowest BCUT2D eigenvalue weighted by Gasteiger charge is -2.10. The highest BCUT2D eigenvalue weighted by atomic mass is 35.5. The molecule has 9 heteroatoms. The molecule has 0 aromatic carbocycles. The lowest BCUT2D eigenvalue weighted by molar-refractivity contribution is 0.0951. The van der Waals surface area contributed by atoms with Crippen molar-refractivity contribution in [2.24, 2.45) is 0 Å². The van der Waals surface area contributed by atoms with Gasteiger partial charge in [-0.15, -0.1) is 0 Å². The standard InChI is InChI=1S/C21H19ClN6O2.C2H6/c22-13-4-1-6-15-16(12-13)27-18(26-15)8-9-25-21(29)14-5-2-10-28(19(14)23)20(24)17-7-3-11-30-17;1-2/h1-5,7,10-12,23-24H,6,8-9H2,(H,25,29)(H,26,27);1-2H3. The van der Waals surface area contributed by atoms with Crippen LogP contribution in [0.2, 0.25) is 0 Å². The molecule has 0 unspecified atom stereocenters. The SMILES string of the molecule is CC.N=C(c1ccco1)n1cccc(C(=O)NCCc2nc3c([nH]2)CC=CC(Cl)=C3)c1=N. The average Bonchev–Trinajstić information content (AvgIpc) is 3.42. The van der Waals surface area contributed by atoms with E-state index in [0.29, 0.717) is 23.8 Å². The number of carbonyl (C=O) groups excluding carboxylic acids is 1. The number of allylic oxidation sites excluding steroid dienone is 3. The number of aromatic amines is 1. The van der Waals surface area contributed by atoms with Crippen LogP contribution in [0.1, 0.15) is 47.2 Å². The first kappa shape index (κ1) is 23.0. The summed E-state index contributed by atoms with van der Waals surface area (Å²) in [5.41, 5.74) is 1.87. The summed E-state index contributed by atoms with van der Waals surface area (Å²) in [7, 11) is 0. The fraction of sp³-hybridized carbons (Fsp3) is 0.217. The predicted molar refractivity (Wildman–Crippen MR) is 124 cm³/mol. The Morgan fingerprint density at radius 3 is 2.91 bits per heavy atom. The van der Waals surface area contributed by atoms with Crippen molar-refractivity contribution >= 4 is 29.4 Å². The van der Waals surface area contributed by atoms with E-state index >= 15 is 0 Å². The van der Waals surface area contributed by atoms with Crippen LogP contribution in [0, 0.1) is 10.8 Å². The molecule has 0 radical (unpaired) electrons. The molecule has 0 atom stereocenters. The Hall–Kier alpha value is -3.65. The van der Waals surface area contributed by atoms with Gasteiger partial charge in [0.1, 0.15) is 11.3 Å². The number of H-pyrrole nitrogens is 1. The van der Waals surface area contributed by atoms with Gasteiger partial charge in [0.05, 0.1) is 17.5 Å². The first-order valence-electron chi connectivity index (χ1n) is 10.3. The van der Waals surface area contributed by atoms with Crippen LogP contribution in [0.4, 0.5) is 0 Å². The molecule has 0 bridgehead atoms. The molecule has 3 heterocycles. The fourth-order valence-electron chi connectivity index (χ4n) is 3.14. The second-order valence-corrected chi connectivity index (χ2v) is 7.09. The van der Waals surface area contributed by atoms with Gasteiger partial charge in [0.25, 0.3) is 5.91 Å². The van der Waals surface area contributed by atoms with E-state index in [2.05, 4.69) is 15.3 Å². The molecule has 0 saturated heterocycles. The van der Waals surface area contributed by atoms with Gasteiger partial charge in [-0.05, 0) is 36.4 Å². The lowest BCUT2D eigenvalue weighted by atomic mass is 10.2. The molecule has 4 rings (SSSR count). The van der Waals surface area contributed by atoms with Gasteiger partial charge in [-0.3, -0.25) is 20.2 Å². The minimum absolute atomic E-state index is 0.0162. The molecule has 0 aliphatic heterocycles. The van der Waals surface area contributed by atoms with Gasteiger partial charge >= 0.3 is 0 Å². The third-order valence-electron chi connectivity index (χ3n) is 4.61. The highest BCUT2D eigenvalue weighted by molar-refractivity contribution is 6.33. The molecule has 0 fully saturated rings. The number of nitrogens with one attached hydrogen (secondary N) is 4. The van der Waals surface area contributed by atoms with Crippen molar-refractivity contribution < 1.29 is 9.21 Å². The van der Waals surface area contributed by atoms with Crippen molar-refractivity contribution in [1.82, 2.24) is 19.9 Å². The topological polar surface area (TPSA) is 124 Å². The third-order valence-corrected chi connectivity index (χ3v) is 4.85. The van der Waals surface area contributed by atoms with Crippen LogP contribution < -0.4 is 10.8 Å².